The third-order valence-electron chi connectivity index (χ3n) is 2.40. The van der Waals surface area contributed by atoms with Gasteiger partial charge in [-0.2, -0.15) is 0 Å². The van der Waals surface area contributed by atoms with Crippen LogP contribution in [-0.4, -0.2) is 40.5 Å². The van der Waals surface area contributed by atoms with Crippen LogP contribution in [0.15, 0.2) is 0 Å². The zero-order chi connectivity index (χ0) is 10.9. The van der Waals surface area contributed by atoms with Crippen LogP contribution >= 0.6 is 0 Å². The minimum absolute atomic E-state index is 0.0262. The fourth-order valence-electron chi connectivity index (χ4n) is 1.82. The van der Waals surface area contributed by atoms with Crippen LogP contribution in [0.4, 0.5) is 0 Å². The summed E-state index contributed by atoms with van der Waals surface area (Å²) < 4.78 is 0. The lowest BCUT2D eigenvalue weighted by Gasteiger charge is -2.28. The average Bonchev–Trinajstić information content (AvgIpc) is 2.29. The highest BCUT2D eigenvalue weighted by molar-refractivity contribution is 5.88. The Balaban J connectivity index is 2.79. The maximum Gasteiger partial charge on any atom is 0.240 e. The smallest absolute Gasteiger partial charge is 0.240 e. The predicted molar refractivity (Wildman–Crippen MR) is 50.2 cm³/mol. The molecule has 0 saturated carbocycles. The molecule has 3 N–H and O–H groups in total. The SMILES string of the molecule is CC(C)C(C(N)=O)N1CC(O)CC1=O. The Hall–Kier alpha value is -1.10. The average molecular weight is 200 g/mol. The van der Waals surface area contributed by atoms with Crippen molar-refractivity contribution in [3.05, 3.63) is 0 Å². The van der Waals surface area contributed by atoms with Crippen molar-refractivity contribution in [3.8, 4) is 0 Å². The molecule has 2 amide bonds. The molecule has 0 spiro atoms. The fourth-order valence-corrected chi connectivity index (χ4v) is 1.82. The Morgan fingerprint density at radius 2 is 2.21 bits per heavy atom. The molecule has 0 aliphatic carbocycles. The molecule has 5 nitrogen and oxygen atoms in total. The van der Waals surface area contributed by atoms with Crippen molar-refractivity contribution in [3.63, 3.8) is 0 Å². The number of rotatable bonds is 3. The number of carbonyl (C=O) groups is 2. The molecule has 2 unspecified atom stereocenters. The molecule has 5 heteroatoms. The normalized spacial score (nSPS) is 24.4. The second kappa shape index (κ2) is 3.96. The summed E-state index contributed by atoms with van der Waals surface area (Å²) in [6.07, 6.45) is -0.570. The Kier molecular flexibility index (Phi) is 3.10. The number of hydrogen-bond donors (Lipinski definition) is 2. The number of primary amides is 1. The molecule has 0 radical (unpaired) electrons. The van der Waals surface area contributed by atoms with Crippen LogP contribution in [0, 0.1) is 5.92 Å². The van der Waals surface area contributed by atoms with Crippen molar-refractivity contribution in [2.24, 2.45) is 11.7 Å². The van der Waals surface area contributed by atoms with E-state index in [0.717, 1.165) is 0 Å². The fraction of sp³-hybridized carbons (Fsp3) is 0.778. The van der Waals surface area contributed by atoms with Gasteiger partial charge in [-0.25, -0.2) is 0 Å². The van der Waals surface area contributed by atoms with Crippen molar-refractivity contribution in [1.82, 2.24) is 4.90 Å². The number of nitrogens with zero attached hydrogens (tertiary/aromatic N) is 1. The lowest BCUT2D eigenvalue weighted by Crippen LogP contribution is -2.48. The van der Waals surface area contributed by atoms with Crippen LogP contribution in [-0.2, 0) is 9.59 Å². The van der Waals surface area contributed by atoms with E-state index < -0.39 is 18.1 Å². The summed E-state index contributed by atoms with van der Waals surface area (Å²) in [6.45, 7) is 3.87. The first-order valence-electron chi connectivity index (χ1n) is 4.70. The van der Waals surface area contributed by atoms with Crippen LogP contribution in [0.2, 0.25) is 0 Å². The van der Waals surface area contributed by atoms with Crippen molar-refractivity contribution in [2.45, 2.75) is 32.4 Å². The number of aliphatic hydroxyl groups excluding tert-OH is 1. The van der Waals surface area contributed by atoms with Gasteiger partial charge in [-0.15, -0.1) is 0 Å². The van der Waals surface area contributed by atoms with Crippen LogP contribution < -0.4 is 5.73 Å². The van der Waals surface area contributed by atoms with E-state index in [1.54, 1.807) is 0 Å². The van der Waals surface area contributed by atoms with Gasteiger partial charge < -0.3 is 15.7 Å². The van der Waals surface area contributed by atoms with Gasteiger partial charge >= 0.3 is 0 Å². The van der Waals surface area contributed by atoms with E-state index in [0.29, 0.717) is 0 Å². The highest BCUT2D eigenvalue weighted by Crippen LogP contribution is 2.19. The van der Waals surface area contributed by atoms with Gasteiger partial charge in [-0.05, 0) is 5.92 Å². The summed E-state index contributed by atoms with van der Waals surface area (Å²) in [4.78, 5) is 23.9. The van der Waals surface area contributed by atoms with Crippen LogP contribution in [0.1, 0.15) is 20.3 Å². The first-order valence-corrected chi connectivity index (χ1v) is 4.70. The molecule has 1 aliphatic heterocycles. The number of β-amino-alcohol motifs (C(OH)–C–C–N with tert-alkyl or cyclic N) is 1. The van der Waals surface area contributed by atoms with Crippen LogP contribution in [0.5, 0.6) is 0 Å². The monoisotopic (exact) mass is 200 g/mol. The Labute approximate surface area is 82.9 Å². The summed E-state index contributed by atoms with van der Waals surface area (Å²) in [5, 5.41) is 9.27. The Morgan fingerprint density at radius 3 is 2.50 bits per heavy atom. The van der Waals surface area contributed by atoms with Crippen molar-refractivity contribution >= 4 is 11.8 Å². The van der Waals surface area contributed by atoms with Crippen LogP contribution in [0.25, 0.3) is 0 Å². The lowest BCUT2D eigenvalue weighted by molar-refractivity contribution is -0.137. The summed E-state index contributed by atoms with van der Waals surface area (Å²) in [6, 6.07) is -0.598. The molecule has 2 atom stereocenters. The molecular weight excluding hydrogens is 184 g/mol. The maximum atomic E-state index is 11.4. The molecule has 14 heavy (non-hydrogen) atoms. The standard InChI is InChI=1S/C9H16N2O3/c1-5(2)8(9(10)14)11-4-6(12)3-7(11)13/h5-6,8,12H,3-4H2,1-2H3,(H2,10,14). The second-order valence-electron chi connectivity index (χ2n) is 4.00. The zero-order valence-corrected chi connectivity index (χ0v) is 8.43. The number of amides is 2. The Bertz CT molecular complexity index is 252. The summed E-state index contributed by atoms with van der Waals surface area (Å²) in [7, 11) is 0. The Morgan fingerprint density at radius 1 is 1.64 bits per heavy atom. The van der Waals surface area contributed by atoms with Crippen LogP contribution in [0.3, 0.4) is 0 Å². The first kappa shape index (κ1) is 11.0. The first-order chi connectivity index (χ1) is 6.43. The molecule has 80 valence electrons. The summed E-state index contributed by atoms with van der Waals surface area (Å²) in [5.41, 5.74) is 5.21. The minimum atomic E-state index is -0.664. The second-order valence-corrected chi connectivity index (χ2v) is 4.00. The topological polar surface area (TPSA) is 83.6 Å². The van der Waals surface area contributed by atoms with Gasteiger partial charge in [0.25, 0.3) is 0 Å². The van der Waals surface area contributed by atoms with Crippen molar-refractivity contribution in [2.75, 3.05) is 6.54 Å². The van der Waals surface area contributed by atoms with Gasteiger partial charge in [0, 0.05) is 6.54 Å². The number of nitrogens with two attached hydrogens (primary N) is 1. The predicted octanol–water partition coefficient (Wildman–Crippen LogP) is -0.910. The highest BCUT2D eigenvalue weighted by atomic mass is 16.3. The number of hydrogen-bond acceptors (Lipinski definition) is 3. The lowest BCUT2D eigenvalue weighted by atomic mass is 10.0. The van der Waals surface area contributed by atoms with Gasteiger partial charge in [0.05, 0.1) is 12.5 Å². The van der Waals surface area contributed by atoms with E-state index in [9.17, 15) is 14.7 Å². The quantitative estimate of drug-likeness (QED) is 0.618. The molecule has 0 bridgehead atoms. The minimum Gasteiger partial charge on any atom is -0.391 e. The van der Waals surface area contributed by atoms with Gasteiger partial charge in [0.2, 0.25) is 11.8 Å². The van der Waals surface area contributed by atoms with Gasteiger partial charge in [0.1, 0.15) is 6.04 Å². The highest BCUT2D eigenvalue weighted by Gasteiger charge is 2.37. The number of likely N-dealkylation sites (tertiary alicyclic amines) is 1. The molecule has 1 rings (SSSR count). The molecule has 0 aromatic heterocycles. The third kappa shape index (κ3) is 2.04. The van der Waals surface area contributed by atoms with E-state index in [-0.39, 0.29) is 24.8 Å². The van der Waals surface area contributed by atoms with Crippen molar-refractivity contribution < 1.29 is 14.7 Å². The molecule has 1 heterocycles. The molecular formula is C9H16N2O3. The molecule has 1 fully saturated rings. The van der Waals surface area contributed by atoms with Gasteiger partial charge in [-0.3, -0.25) is 9.59 Å². The molecule has 0 aromatic carbocycles. The maximum absolute atomic E-state index is 11.4. The summed E-state index contributed by atoms with van der Waals surface area (Å²) >= 11 is 0. The van der Waals surface area contributed by atoms with E-state index in [2.05, 4.69) is 0 Å². The van der Waals surface area contributed by atoms with Crippen molar-refractivity contribution in [1.29, 1.82) is 0 Å². The third-order valence-corrected chi connectivity index (χ3v) is 2.40. The van der Waals surface area contributed by atoms with Gasteiger partial charge in [0.15, 0.2) is 0 Å². The van der Waals surface area contributed by atoms with E-state index in [4.69, 9.17) is 5.73 Å². The molecule has 1 saturated heterocycles. The van der Waals surface area contributed by atoms with E-state index >= 15 is 0 Å². The number of carbonyl (C=O) groups excluding carboxylic acids is 2. The largest absolute Gasteiger partial charge is 0.391 e. The molecule has 0 aromatic rings. The summed E-state index contributed by atoms with van der Waals surface area (Å²) in [5.74, 6) is -0.737. The van der Waals surface area contributed by atoms with E-state index in [1.807, 2.05) is 13.8 Å². The number of aliphatic hydroxyl groups is 1. The molecule has 1 aliphatic rings. The van der Waals surface area contributed by atoms with E-state index in [1.165, 1.54) is 4.90 Å². The zero-order valence-electron chi connectivity index (χ0n) is 8.43. The van der Waals surface area contributed by atoms with Gasteiger partial charge in [-0.1, -0.05) is 13.8 Å².